The van der Waals surface area contributed by atoms with Gasteiger partial charge in [0.25, 0.3) is 0 Å². The van der Waals surface area contributed by atoms with Crippen LogP contribution in [0, 0.1) is 62.1 Å². The summed E-state index contributed by atoms with van der Waals surface area (Å²) in [5.74, 6) is -0.279. The van der Waals surface area contributed by atoms with E-state index in [-0.39, 0.29) is 47.8 Å². The zero-order valence-corrected chi connectivity index (χ0v) is 16.8. The van der Waals surface area contributed by atoms with Gasteiger partial charge in [-0.3, -0.25) is 0 Å². The van der Waals surface area contributed by atoms with E-state index >= 15 is 0 Å². The maximum Gasteiger partial charge on any atom is 0.198 e. The molecule has 0 saturated heterocycles. The van der Waals surface area contributed by atoms with E-state index in [1.54, 1.807) is 13.8 Å². The van der Waals surface area contributed by atoms with Gasteiger partial charge in [0.2, 0.25) is 0 Å². The normalized spacial score (nSPS) is 21.0. The number of nitriles is 5. The minimum Gasteiger partial charge on any atom is -0.383 e. The molecular formula is C20H19N7O3. The number of anilines is 1. The molecule has 2 atom stereocenters. The Morgan fingerprint density at radius 1 is 1.00 bits per heavy atom. The lowest BCUT2D eigenvalue weighted by Crippen LogP contribution is -2.45. The third-order valence-corrected chi connectivity index (χ3v) is 5.18. The monoisotopic (exact) mass is 405 g/mol. The highest BCUT2D eigenvalue weighted by Crippen LogP contribution is 2.61. The predicted octanol–water partition coefficient (Wildman–Crippen LogP) is 1.69. The van der Waals surface area contributed by atoms with Crippen molar-refractivity contribution >= 4 is 5.82 Å². The van der Waals surface area contributed by atoms with Crippen LogP contribution in [-0.4, -0.2) is 31.6 Å². The number of rotatable bonds is 7. The zero-order chi connectivity index (χ0) is 22.5. The second-order valence-electron chi connectivity index (χ2n) is 6.44. The molecule has 2 N–H and O–H groups in total. The Morgan fingerprint density at radius 2 is 1.57 bits per heavy atom. The molecule has 0 fully saturated rings. The van der Waals surface area contributed by atoms with Crippen molar-refractivity contribution in [1.82, 2.24) is 4.98 Å². The number of nitrogens with zero attached hydrogens (tertiary/aromatic N) is 6. The second kappa shape index (κ2) is 8.75. The molecule has 1 aromatic heterocycles. The Bertz CT molecular complexity index is 1030. The van der Waals surface area contributed by atoms with Gasteiger partial charge < -0.3 is 19.9 Å². The van der Waals surface area contributed by atoms with Gasteiger partial charge in [-0.05, 0) is 13.8 Å². The molecule has 10 nitrogen and oxygen atoms in total. The van der Waals surface area contributed by atoms with Gasteiger partial charge in [0.05, 0.1) is 29.5 Å². The van der Waals surface area contributed by atoms with E-state index in [4.69, 9.17) is 19.9 Å². The minimum absolute atomic E-state index is 0.0298. The number of nitrogen functional groups attached to an aromatic ring is 1. The van der Waals surface area contributed by atoms with Crippen molar-refractivity contribution < 1.29 is 14.2 Å². The van der Waals surface area contributed by atoms with E-state index in [1.165, 1.54) is 7.11 Å². The van der Waals surface area contributed by atoms with E-state index in [0.29, 0.717) is 0 Å². The molecule has 2 unspecified atom stereocenters. The summed E-state index contributed by atoms with van der Waals surface area (Å²) in [5, 5.41) is 49.6. The SMILES string of the molecule is CCOC(CC1(C#N)c2nc(N)c(C#N)c(C#N)c2C(OC)C1(C#N)C#N)OCC. The first-order chi connectivity index (χ1) is 14.4. The van der Waals surface area contributed by atoms with Crippen LogP contribution < -0.4 is 5.73 Å². The lowest BCUT2D eigenvalue weighted by molar-refractivity contribution is -0.151. The summed E-state index contributed by atoms with van der Waals surface area (Å²) in [7, 11) is 1.25. The molecule has 0 bridgehead atoms. The van der Waals surface area contributed by atoms with Crippen molar-refractivity contribution in [2.75, 3.05) is 26.1 Å². The molecule has 30 heavy (non-hydrogen) atoms. The van der Waals surface area contributed by atoms with Crippen molar-refractivity contribution in [2.24, 2.45) is 5.41 Å². The third kappa shape index (κ3) is 2.91. The van der Waals surface area contributed by atoms with Crippen LogP contribution in [0.1, 0.15) is 48.8 Å². The molecule has 1 aliphatic rings. The largest absolute Gasteiger partial charge is 0.383 e. The maximum absolute atomic E-state index is 10.3. The second-order valence-corrected chi connectivity index (χ2v) is 6.44. The Kier molecular flexibility index (Phi) is 6.58. The van der Waals surface area contributed by atoms with E-state index < -0.39 is 23.2 Å². The van der Waals surface area contributed by atoms with Crippen LogP contribution in [0.3, 0.4) is 0 Å². The lowest BCUT2D eigenvalue weighted by atomic mass is 9.64. The van der Waals surface area contributed by atoms with Crippen LogP contribution in [0.15, 0.2) is 0 Å². The quantitative estimate of drug-likeness (QED) is 0.654. The Hall–Kier alpha value is -3.72. The standard InChI is InChI=1S/C20H19N7O3/c1-4-29-14(30-5-2)6-19(9-23)16-15(17(28-3)20(19,10-24)11-25)12(7-21)13(8-22)18(26)27-16/h14,17H,4-6H2,1-3H3,(H2,26,27). The average Bonchev–Trinajstić information content (AvgIpc) is 2.98. The summed E-state index contributed by atoms with van der Waals surface area (Å²) in [6.07, 6.45) is -2.49. The van der Waals surface area contributed by atoms with E-state index in [2.05, 4.69) is 11.1 Å². The summed E-state index contributed by atoms with van der Waals surface area (Å²) < 4.78 is 16.6. The molecular weight excluding hydrogens is 386 g/mol. The van der Waals surface area contributed by atoms with Crippen LogP contribution in [0.25, 0.3) is 0 Å². The first kappa shape index (κ1) is 22.6. The number of methoxy groups -OCH3 is 1. The number of hydrogen-bond acceptors (Lipinski definition) is 10. The molecule has 0 aromatic carbocycles. The van der Waals surface area contributed by atoms with Gasteiger partial charge in [-0.2, -0.15) is 26.3 Å². The Balaban J connectivity index is 2.99. The molecule has 0 saturated carbocycles. The minimum atomic E-state index is -2.09. The molecule has 0 radical (unpaired) electrons. The topological polar surface area (TPSA) is 186 Å². The number of aromatic nitrogens is 1. The van der Waals surface area contributed by atoms with Crippen molar-refractivity contribution in [2.45, 2.75) is 38.1 Å². The predicted molar refractivity (Wildman–Crippen MR) is 100 cm³/mol. The highest BCUT2D eigenvalue weighted by molar-refractivity contribution is 5.68. The summed E-state index contributed by atoms with van der Waals surface area (Å²) in [6, 6.07) is 9.61. The molecule has 1 aliphatic carbocycles. The van der Waals surface area contributed by atoms with Gasteiger partial charge in [-0.25, -0.2) is 4.98 Å². The summed E-state index contributed by atoms with van der Waals surface area (Å²) in [6.45, 7) is 3.98. The molecule has 10 heteroatoms. The van der Waals surface area contributed by atoms with Crippen LogP contribution in [0.5, 0.6) is 0 Å². The van der Waals surface area contributed by atoms with Crippen molar-refractivity contribution in [3.8, 4) is 30.3 Å². The number of hydrogen-bond donors (Lipinski definition) is 1. The molecule has 1 aromatic rings. The smallest absolute Gasteiger partial charge is 0.198 e. The first-order valence-corrected chi connectivity index (χ1v) is 9.05. The van der Waals surface area contributed by atoms with Crippen LogP contribution in [0.2, 0.25) is 0 Å². The third-order valence-electron chi connectivity index (χ3n) is 5.18. The lowest BCUT2D eigenvalue weighted by Gasteiger charge is -2.35. The first-order valence-electron chi connectivity index (χ1n) is 9.05. The number of nitrogens with two attached hydrogens (primary N) is 1. The van der Waals surface area contributed by atoms with Crippen molar-refractivity contribution in [1.29, 1.82) is 26.3 Å². The zero-order valence-electron chi connectivity index (χ0n) is 16.8. The van der Waals surface area contributed by atoms with Crippen molar-refractivity contribution in [3.05, 3.63) is 22.4 Å². The van der Waals surface area contributed by atoms with Gasteiger partial charge >= 0.3 is 0 Å². The average molecular weight is 405 g/mol. The summed E-state index contributed by atoms with van der Waals surface area (Å²) >= 11 is 0. The van der Waals surface area contributed by atoms with Crippen LogP contribution in [-0.2, 0) is 19.6 Å². The van der Waals surface area contributed by atoms with E-state index in [0.717, 1.165) is 0 Å². The fourth-order valence-electron chi connectivity index (χ4n) is 3.91. The molecule has 2 rings (SSSR count). The van der Waals surface area contributed by atoms with Crippen molar-refractivity contribution in [3.63, 3.8) is 0 Å². The van der Waals surface area contributed by atoms with Gasteiger partial charge in [0.15, 0.2) is 11.7 Å². The summed E-state index contributed by atoms with van der Waals surface area (Å²) in [4.78, 5) is 4.21. The van der Waals surface area contributed by atoms with Gasteiger partial charge in [0.1, 0.15) is 35.0 Å². The molecule has 0 amide bonds. The Morgan fingerprint density at radius 3 is 1.97 bits per heavy atom. The molecule has 0 aliphatic heterocycles. The Labute approximate surface area is 174 Å². The highest BCUT2D eigenvalue weighted by atomic mass is 16.7. The molecule has 152 valence electrons. The van der Waals surface area contributed by atoms with Gasteiger partial charge in [-0.15, -0.1) is 0 Å². The number of pyridine rings is 1. The number of fused-ring (bicyclic) bond motifs is 1. The van der Waals surface area contributed by atoms with E-state index in [9.17, 15) is 26.3 Å². The highest BCUT2D eigenvalue weighted by Gasteiger charge is 2.69. The van der Waals surface area contributed by atoms with Crippen LogP contribution in [0.4, 0.5) is 5.82 Å². The molecule has 1 heterocycles. The fourth-order valence-corrected chi connectivity index (χ4v) is 3.91. The van der Waals surface area contributed by atoms with Crippen LogP contribution >= 0.6 is 0 Å². The van der Waals surface area contributed by atoms with Gasteiger partial charge in [0, 0.05) is 32.3 Å². The van der Waals surface area contributed by atoms with E-state index in [1.807, 2.05) is 24.3 Å². The fraction of sp³-hybridized carbons (Fsp3) is 0.500. The van der Waals surface area contributed by atoms with Gasteiger partial charge in [-0.1, -0.05) is 0 Å². The number of ether oxygens (including phenoxy) is 3. The molecule has 0 spiro atoms. The maximum atomic E-state index is 10.3. The summed E-state index contributed by atoms with van der Waals surface area (Å²) in [5.41, 5.74) is 1.50.